The molecule has 0 radical (unpaired) electrons. The highest BCUT2D eigenvalue weighted by Gasteiger charge is 2.17. The molecule has 3 N–H and O–H groups in total. The van der Waals surface area contributed by atoms with Crippen LogP contribution in [0.1, 0.15) is 16.9 Å². The maximum Gasteiger partial charge on any atom is 0.276 e. The van der Waals surface area contributed by atoms with Gasteiger partial charge in [-0.1, -0.05) is 48.5 Å². The number of aliphatic hydroxyl groups is 1. The summed E-state index contributed by atoms with van der Waals surface area (Å²) in [5, 5.41) is 25.4. The maximum atomic E-state index is 13.0. The zero-order valence-electron chi connectivity index (χ0n) is 17.7. The molecular weight excluding hydrogens is 418 g/mol. The van der Waals surface area contributed by atoms with Crippen LogP contribution in [0.2, 0.25) is 0 Å². The Morgan fingerprint density at radius 3 is 2.39 bits per heavy atom. The van der Waals surface area contributed by atoms with E-state index in [1.54, 1.807) is 22.9 Å². The summed E-state index contributed by atoms with van der Waals surface area (Å²) in [6.45, 7) is 0.584. The van der Waals surface area contributed by atoms with Crippen molar-refractivity contribution in [3.05, 3.63) is 88.8 Å². The number of fused-ring (bicyclic) bond motifs is 2. The molecule has 1 amide bonds. The van der Waals surface area contributed by atoms with Gasteiger partial charge in [-0.2, -0.15) is 10.2 Å². The molecule has 0 aliphatic carbocycles. The Morgan fingerprint density at radius 2 is 1.64 bits per heavy atom. The number of para-hydroxylation sites is 1. The third-order valence-corrected chi connectivity index (χ3v) is 5.51. The SMILES string of the molecule is O=C(Nc1ccc(-c2n[nH]c(=O)c3ccccc23)cc1)c1nn(CCCO)c2ccccc12. The summed E-state index contributed by atoms with van der Waals surface area (Å²) in [4.78, 5) is 25.0. The second kappa shape index (κ2) is 8.68. The zero-order valence-corrected chi connectivity index (χ0v) is 17.7. The molecule has 8 heteroatoms. The van der Waals surface area contributed by atoms with Crippen molar-refractivity contribution >= 4 is 33.3 Å². The van der Waals surface area contributed by atoms with Crippen LogP contribution in [0.15, 0.2) is 77.6 Å². The van der Waals surface area contributed by atoms with E-state index in [1.807, 2.05) is 54.6 Å². The second-order valence-electron chi connectivity index (χ2n) is 7.64. The average molecular weight is 439 g/mol. The first-order chi connectivity index (χ1) is 16.2. The highest BCUT2D eigenvalue weighted by atomic mass is 16.3. The fraction of sp³-hybridized carbons (Fsp3) is 0.120. The number of anilines is 1. The summed E-state index contributed by atoms with van der Waals surface area (Å²) < 4.78 is 1.75. The van der Waals surface area contributed by atoms with E-state index in [2.05, 4.69) is 20.6 Å². The zero-order chi connectivity index (χ0) is 22.8. The third kappa shape index (κ3) is 3.88. The summed E-state index contributed by atoms with van der Waals surface area (Å²) in [5.74, 6) is -0.311. The van der Waals surface area contributed by atoms with E-state index in [0.29, 0.717) is 35.4 Å². The van der Waals surface area contributed by atoms with Gasteiger partial charge < -0.3 is 10.4 Å². The average Bonchev–Trinajstić information content (AvgIpc) is 3.23. The molecule has 0 bridgehead atoms. The molecule has 0 fully saturated rings. The van der Waals surface area contributed by atoms with Crippen LogP contribution in [0.3, 0.4) is 0 Å². The summed E-state index contributed by atoms with van der Waals surface area (Å²) in [6.07, 6.45) is 0.557. The van der Waals surface area contributed by atoms with E-state index < -0.39 is 0 Å². The Kier molecular flexibility index (Phi) is 5.42. The number of nitrogens with one attached hydrogen (secondary N) is 2. The Morgan fingerprint density at radius 1 is 0.939 bits per heavy atom. The van der Waals surface area contributed by atoms with Crippen LogP contribution in [0.5, 0.6) is 0 Å². The molecule has 5 aromatic rings. The Balaban J connectivity index is 1.42. The van der Waals surface area contributed by atoms with E-state index >= 15 is 0 Å². The fourth-order valence-electron chi connectivity index (χ4n) is 3.92. The van der Waals surface area contributed by atoms with Crippen LogP contribution in [0.4, 0.5) is 5.69 Å². The Bertz CT molecular complexity index is 1520. The maximum absolute atomic E-state index is 13.0. The molecule has 164 valence electrons. The second-order valence-corrected chi connectivity index (χ2v) is 7.64. The lowest BCUT2D eigenvalue weighted by Gasteiger charge is -2.07. The van der Waals surface area contributed by atoms with Gasteiger partial charge in [0.25, 0.3) is 11.5 Å². The molecule has 2 aromatic heterocycles. The number of hydrogen-bond acceptors (Lipinski definition) is 5. The van der Waals surface area contributed by atoms with Crippen LogP contribution in [-0.4, -0.2) is 37.6 Å². The first-order valence-electron chi connectivity index (χ1n) is 10.6. The molecular formula is C25H21N5O3. The molecule has 0 saturated carbocycles. The van der Waals surface area contributed by atoms with Crippen LogP contribution in [0.25, 0.3) is 32.9 Å². The number of aromatic nitrogens is 4. The Hall–Kier alpha value is -4.30. The van der Waals surface area contributed by atoms with E-state index in [4.69, 9.17) is 5.11 Å². The quantitative estimate of drug-likeness (QED) is 0.374. The van der Waals surface area contributed by atoms with Gasteiger partial charge in [-0.15, -0.1) is 0 Å². The van der Waals surface area contributed by atoms with Crippen molar-refractivity contribution in [3.8, 4) is 11.3 Å². The van der Waals surface area contributed by atoms with E-state index in [0.717, 1.165) is 21.9 Å². The highest BCUT2D eigenvalue weighted by Crippen LogP contribution is 2.26. The number of H-pyrrole nitrogens is 1. The molecule has 3 aromatic carbocycles. The van der Waals surface area contributed by atoms with Gasteiger partial charge in [-0.3, -0.25) is 14.3 Å². The topological polar surface area (TPSA) is 113 Å². The number of aromatic amines is 1. The molecule has 33 heavy (non-hydrogen) atoms. The van der Waals surface area contributed by atoms with Gasteiger partial charge in [-0.05, 0) is 30.7 Å². The number of amides is 1. The standard InChI is InChI=1S/C25H21N5O3/c31-15-5-14-30-21-9-4-3-8-20(21)23(29-30)25(33)26-17-12-10-16(11-13-17)22-18-6-1-2-7-19(18)24(32)28-27-22/h1-4,6-13,31H,5,14-15H2,(H,26,33)(H,28,32). The number of aliphatic hydroxyl groups excluding tert-OH is 1. The fourth-order valence-corrected chi connectivity index (χ4v) is 3.92. The number of hydrogen-bond donors (Lipinski definition) is 3. The van der Waals surface area contributed by atoms with Crippen molar-refractivity contribution < 1.29 is 9.90 Å². The van der Waals surface area contributed by atoms with Gasteiger partial charge in [0.1, 0.15) is 0 Å². The molecule has 0 saturated heterocycles. The summed E-state index contributed by atoms with van der Waals surface area (Å²) in [6, 6.07) is 22.1. The monoisotopic (exact) mass is 439 g/mol. The van der Waals surface area contributed by atoms with Crippen molar-refractivity contribution in [2.45, 2.75) is 13.0 Å². The minimum atomic E-state index is -0.311. The van der Waals surface area contributed by atoms with Gasteiger partial charge in [-0.25, -0.2) is 5.10 Å². The Labute approximate surface area is 188 Å². The highest BCUT2D eigenvalue weighted by molar-refractivity contribution is 6.11. The molecule has 2 heterocycles. The normalized spacial score (nSPS) is 11.2. The molecule has 0 atom stereocenters. The summed E-state index contributed by atoms with van der Waals surface area (Å²) in [5.41, 5.74) is 3.05. The van der Waals surface area contributed by atoms with Gasteiger partial charge in [0.2, 0.25) is 0 Å². The van der Waals surface area contributed by atoms with Crippen molar-refractivity contribution in [1.29, 1.82) is 0 Å². The van der Waals surface area contributed by atoms with Gasteiger partial charge in [0, 0.05) is 35.2 Å². The molecule has 8 nitrogen and oxygen atoms in total. The predicted octanol–water partition coefficient (Wildman–Crippen LogP) is 3.57. The van der Waals surface area contributed by atoms with Gasteiger partial charge >= 0.3 is 0 Å². The number of nitrogens with zero attached hydrogens (tertiary/aromatic N) is 3. The smallest absolute Gasteiger partial charge is 0.276 e. The largest absolute Gasteiger partial charge is 0.396 e. The van der Waals surface area contributed by atoms with Crippen molar-refractivity contribution in [3.63, 3.8) is 0 Å². The number of aryl methyl sites for hydroxylation is 1. The van der Waals surface area contributed by atoms with E-state index in [1.165, 1.54) is 0 Å². The van der Waals surface area contributed by atoms with Crippen LogP contribution < -0.4 is 10.9 Å². The number of rotatable bonds is 6. The van der Waals surface area contributed by atoms with Crippen LogP contribution in [0, 0.1) is 0 Å². The molecule has 0 aliphatic rings. The van der Waals surface area contributed by atoms with E-state index in [9.17, 15) is 9.59 Å². The van der Waals surface area contributed by atoms with Crippen LogP contribution in [-0.2, 0) is 6.54 Å². The first kappa shape index (κ1) is 20.6. The predicted molar refractivity (Wildman–Crippen MR) is 127 cm³/mol. The van der Waals surface area contributed by atoms with Gasteiger partial charge in [0.05, 0.1) is 16.6 Å². The van der Waals surface area contributed by atoms with Crippen LogP contribution >= 0.6 is 0 Å². The number of benzene rings is 3. The molecule has 0 aliphatic heterocycles. The van der Waals surface area contributed by atoms with Crippen molar-refractivity contribution in [1.82, 2.24) is 20.0 Å². The number of carbonyl (C=O) groups is 1. The molecule has 0 spiro atoms. The summed E-state index contributed by atoms with van der Waals surface area (Å²) >= 11 is 0. The third-order valence-electron chi connectivity index (χ3n) is 5.51. The van der Waals surface area contributed by atoms with Gasteiger partial charge in [0.15, 0.2) is 5.69 Å². The van der Waals surface area contributed by atoms with Crippen molar-refractivity contribution in [2.75, 3.05) is 11.9 Å². The number of carbonyl (C=O) groups excluding carboxylic acids is 1. The lowest BCUT2D eigenvalue weighted by atomic mass is 10.0. The summed E-state index contributed by atoms with van der Waals surface area (Å²) in [7, 11) is 0. The lowest BCUT2D eigenvalue weighted by molar-refractivity contribution is 0.102. The van der Waals surface area contributed by atoms with Crippen molar-refractivity contribution in [2.24, 2.45) is 0 Å². The lowest BCUT2D eigenvalue weighted by Crippen LogP contribution is -2.14. The first-order valence-corrected chi connectivity index (χ1v) is 10.6. The minimum absolute atomic E-state index is 0.0571. The minimum Gasteiger partial charge on any atom is -0.396 e. The molecule has 0 unspecified atom stereocenters. The van der Waals surface area contributed by atoms with E-state index in [-0.39, 0.29) is 18.1 Å². The molecule has 5 rings (SSSR count).